The quantitative estimate of drug-likeness (QED) is 0.663. The first-order valence-electron chi connectivity index (χ1n) is 4.04. The van der Waals surface area contributed by atoms with Gasteiger partial charge in [0.05, 0.1) is 0 Å². The average Bonchev–Trinajstić information content (AvgIpc) is 2.16. The predicted molar refractivity (Wildman–Crippen MR) is 61.6 cm³/mol. The second kappa shape index (κ2) is 3.69. The van der Waals surface area contributed by atoms with Gasteiger partial charge in [-0.05, 0) is 28.5 Å². The molecule has 0 bridgehead atoms. The van der Waals surface area contributed by atoms with Crippen LogP contribution >= 0.6 is 27.5 Å². The Labute approximate surface area is 90.6 Å². The molecule has 2 rings (SSSR count). The zero-order valence-corrected chi connectivity index (χ0v) is 9.27. The number of benzene rings is 2. The Morgan fingerprint density at radius 2 is 2.00 bits per heavy atom. The number of hydrogen-bond donors (Lipinski definition) is 0. The standard InChI is InChI=1S/C11H8BrCl/c12-7-9-3-1-2-8-6-10(13)4-5-11(8)9/h1-6H,7H2. The van der Waals surface area contributed by atoms with E-state index in [2.05, 4.69) is 40.2 Å². The summed E-state index contributed by atoms with van der Waals surface area (Å²) in [6.07, 6.45) is 0. The Kier molecular flexibility index (Phi) is 2.56. The summed E-state index contributed by atoms with van der Waals surface area (Å²) < 4.78 is 0. The van der Waals surface area contributed by atoms with Crippen LogP contribution in [0.5, 0.6) is 0 Å². The molecule has 0 radical (unpaired) electrons. The van der Waals surface area contributed by atoms with Crippen LogP contribution in [0.25, 0.3) is 10.8 Å². The van der Waals surface area contributed by atoms with Crippen LogP contribution in [0, 0.1) is 0 Å². The highest BCUT2D eigenvalue weighted by molar-refractivity contribution is 9.08. The fourth-order valence-corrected chi connectivity index (χ4v) is 2.11. The summed E-state index contributed by atoms with van der Waals surface area (Å²) in [4.78, 5) is 0. The molecule has 13 heavy (non-hydrogen) atoms. The zero-order valence-electron chi connectivity index (χ0n) is 6.93. The maximum absolute atomic E-state index is 5.90. The summed E-state index contributed by atoms with van der Waals surface area (Å²) in [5, 5.41) is 4.14. The van der Waals surface area contributed by atoms with Gasteiger partial charge in [-0.1, -0.05) is 51.8 Å². The van der Waals surface area contributed by atoms with Gasteiger partial charge in [0.15, 0.2) is 0 Å². The average molecular weight is 256 g/mol. The lowest BCUT2D eigenvalue weighted by Gasteiger charge is -2.02. The van der Waals surface area contributed by atoms with Crippen LogP contribution in [-0.4, -0.2) is 0 Å². The Bertz CT molecular complexity index is 437. The van der Waals surface area contributed by atoms with E-state index in [9.17, 15) is 0 Å². The van der Waals surface area contributed by atoms with Crippen LogP contribution in [0.1, 0.15) is 5.56 Å². The van der Waals surface area contributed by atoms with Crippen molar-refractivity contribution in [2.45, 2.75) is 5.33 Å². The van der Waals surface area contributed by atoms with Gasteiger partial charge in [-0.2, -0.15) is 0 Å². The molecule has 0 saturated carbocycles. The molecule has 0 fully saturated rings. The topological polar surface area (TPSA) is 0 Å². The predicted octanol–water partition coefficient (Wildman–Crippen LogP) is 4.39. The minimum atomic E-state index is 0.791. The lowest BCUT2D eigenvalue weighted by Crippen LogP contribution is -1.80. The van der Waals surface area contributed by atoms with Crippen LogP contribution in [0.2, 0.25) is 5.02 Å². The van der Waals surface area contributed by atoms with Gasteiger partial charge in [-0.3, -0.25) is 0 Å². The van der Waals surface area contributed by atoms with Gasteiger partial charge in [0.1, 0.15) is 0 Å². The molecule has 0 saturated heterocycles. The van der Waals surface area contributed by atoms with E-state index in [1.165, 1.54) is 16.3 Å². The van der Waals surface area contributed by atoms with E-state index >= 15 is 0 Å². The van der Waals surface area contributed by atoms with Crippen LogP contribution in [0.4, 0.5) is 0 Å². The number of alkyl halides is 1. The third-order valence-electron chi connectivity index (χ3n) is 2.08. The van der Waals surface area contributed by atoms with Gasteiger partial charge in [-0.25, -0.2) is 0 Å². The lowest BCUT2D eigenvalue weighted by molar-refractivity contribution is 1.49. The van der Waals surface area contributed by atoms with Crippen molar-refractivity contribution in [2.75, 3.05) is 0 Å². The third kappa shape index (κ3) is 1.72. The van der Waals surface area contributed by atoms with Crippen LogP contribution in [-0.2, 0) is 5.33 Å². The van der Waals surface area contributed by atoms with Crippen LogP contribution in [0.15, 0.2) is 36.4 Å². The fraction of sp³-hybridized carbons (Fsp3) is 0.0909. The number of halogens is 2. The maximum Gasteiger partial charge on any atom is 0.0412 e. The van der Waals surface area contributed by atoms with Gasteiger partial charge in [0.25, 0.3) is 0 Å². The molecule has 0 heterocycles. The monoisotopic (exact) mass is 254 g/mol. The minimum Gasteiger partial charge on any atom is -0.0876 e. The van der Waals surface area contributed by atoms with Crippen molar-refractivity contribution in [3.63, 3.8) is 0 Å². The van der Waals surface area contributed by atoms with Crippen molar-refractivity contribution < 1.29 is 0 Å². The molecule has 0 aliphatic carbocycles. The van der Waals surface area contributed by atoms with E-state index in [0.29, 0.717) is 0 Å². The van der Waals surface area contributed by atoms with E-state index in [1.807, 2.05) is 12.1 Å². The first kappa shape index (κ1) is 9.04. The second-order valence-corrected chi connectivity index (χ2v) is 3.91. The molecule has 0 atom stereocenters. The van der Waals surface area contributed by atoms with Crippen molar-refractivity contribution in [3.05, 3.63) is 47.0 Å². The zero-order chi connectivity index (χ0) is 9.26. The summed E-state index contributed by atoms with van der Waals surface area (Å²) in [5.41, 5.74) is 1.30. The van der Waals surface area contributed by atoms with E-state index in [-0.39, 0.29) is 0 Å². The third-order valence-corrected chi connectivity index (χ3v) is 2.92. The number of fused-ring (bicyclic) bond motifs is 1. The fourth-order valence-electron chi connectivity index (χ4n) is 1.44. The number of rotatable bonds is 1. The lowest BCUT2D eigenvalue weighted by atomic mass is 10.1. The molecule has 0 aliphatic heterocycles. The second-order valence-electron chi connectivity index (χ2n) is 2.92. The molecule has 0 nitrogen and oxygen atoms in total. The molecule has 0 aliphatic rings. The molecule has 66 valence electrons. The van der Waals surface area contributed by atoms with Crippen molar-refractivity contribution in [2.24, 2.45) is 0 Å². The van der Waals surface area contributed by atoms with Gasteiger partial charge < -0.3 is 0 Å². The maximum atomic E-state index is 5.90. The molecular formula is C11H8BrCl. The summed E-state index contributed by atoms with van der Waals surface area (Å²) in [7, 11) is 0. The smallest absolute Gasteiger partial charge is 0.0412 e. The highest BCUT2D eigenvalue weighted by atomic mass is 79.9. The van der Waals surface area contributed by atoms with Crippen molar-refractivity contribution >= 4 is 38.3 Å². The SMILES string of the molecule is Clc1ccc2c(CBr)cccc2c1. The normalized spacial score (nSPS) is 10.6. The molecular weight excluding hydrogens is 247 g/mol. The van der Waals surface area contributed by atoms with Gasteiger partial charge in [-0.15, -0.1) is 0 Å². The Morgan fingerprint density at radius 3 is 2.77 bits per heavy atom. The van der Waals surface area contributed by atoms with Gasteiger partial charge in [0, 0.05) is 10.4 Å². The minimum absolute atomic E-state index is 0.791. The van der Waals surface area contributed by atoms with Crippen molar-refractivity contribution in [3.8, 4) is 0 Å². The molecule has 2 heteroatoms. The molecule has 2 aromatic rings. The summed E-state index contributed by atoms with van der Waals surface area (Å²) in [5.74, 6) is 0. The summed E-state index contributed by atoms with van der Waals surface area (Å²) in [6.45, 7) is 0. The summed E-state index contributed by atoms with van der Waals surface area (Å²) in [6, 6.07) is 12.2. The molecule has 0 spiro atoms. The Hall–Kier alpha value is -0.530. The van der Waals surface area contributed by atoms with E-state index in [4.69, 9.17) is 11.6 Å². The summed E-state index contributed by atoms with van der Waals surface area (Å²) >= 11 is 9.37. The van der Waals surface area contributed by atoms with E-state index < -0.39 is 0 Å². The number of hydrogen-bond acceptors (Lipinski definition) is 0. The highest BCUT2D eigenvalue weighted by Gasteiger charge is 1.98. The van der Waals surface area contributed by atoms with Gasteiger partial charge in [0.2, 0.25) is 0 Å². The largest absolute Gasteiger partial charge is 0.0876 e. The molecule has 0 N–H and O–H groups in total. The first-order chi connectivity index (χ1) is 6.31. The first-order valence-corrected chi connectivity index (χ1v) is 5.54. The van der Waals surface area contributed by atoms with E-state index in [0.717, 1.165) is 10.4 Å². The molecule has 0 unspecified atom stereocenters. The highest BCUT2D eigenvalue weighted by Crippen LogP contribution is 2.23. The van der Waals surface area contributed by atoms with Crippen LogP contribution < -0.4 is 0 Å². The van der Waals surface area contributed by atoms with Crippen molar-refractivity contribution in [1.82, 2.24) is 0 Å². The Morgan fingerprint density at radius 1 is 1.15 bits per heavy atom. The van der Waals surface area contributed by atoms with Gasteiger partial charge >= 0.3 is 0 Å². The molecule has 0 aromatic heterocycles. The van der Waals surface area contributed by atoms with E-state index in [1.54, 1.807) is 0 Å². The van der Waals surface area contributed by atoms with Crippen LogP contribution in [0.3, 0.4) is 0 Å². The molecule has 0 amide bonds. The Balaban J connectivity index is 2.77. The molecule has 2 aromatic carbocycles. The van der Waals surface area contributed by atoms with Crippen molar-refractivity contribution in [1.29, 1.82) is 0 Å².